The van der Waals surface area contributed by atoms with Gasteiger partial charge in [0.25, 0.3) is 0 Å². The summed E-state index contributed by atoms with van der Waals surface area (Å²) in [5.74, 6) is 0. The van der Waals surface area contributed by atoms with Gasteiger partial charge in [0.2, 0.25) is 27.5 Å². The van der Waals surface area contributed by atoms with Crippen LogP contribution in [0.4, 0.5) is 114 Å². The third kappa shape index (κ3) is 400. The van der Waals surface area contributed by atoms with Crippen LogP contribution >= 0.6 is 0 Å². The van der Waals surface area contributed by atoms with Gasteiger partial charge in [0.05, 0.1) is 46.1 Å². The van der Waals surface area contributed by atoms with E-state index in [1.54, 1.807) is 0 Å². The molecule has 0 fully saturated rings. The van der Waals surface area contributed by atoms with Crippen LogP contribution in [0, 0.1) is 0 Å². The summed E-state index contributed by atoms with van der Waals surface area (Å²) in [6.45, 7) is -11.3. The van der Waals surface area contributed by atoms with Crippen LogP contribution in [0.3, 0.4) is 0 Å². The first-order valence-electron chi connectivity index (χ1n) is 13.2. The fourth-order valence-electron chi connectivity index (χ4n) is 1.49. The van der Waals surface area contributed by atoms with Crippen molar-refractivity contribution in [2.45, 2.75) is 270 Å². The molecule has 0 aliphatic carbocycles. The Balaban J connectivity index is -0.00000000813. The monoisotopic (exact) mass is 1350 g/mol. The van der Waals surface area contributed by atoms with Crippen molar-refractivity contribution < 1.29 is 134 Å². The molecule has 83 heavy (non-hydrogen) atoms. The van der Waals surface area contributed by atoms with Crippen molar-refractivity contribution in [1.82, 2.24) is 0 Å². The maximum Gasteiger partial charge on any atom is 0.392 e. The highest BCUT2D eigenvalue weighted by Gasteiger charge is 2.49. The summed E-state index contributed by atoms with van der Waals surface area (Å²) in [7, 11) is 0.500. The predicted molar refractivity (Wildman–Crippen MR) is 333 cm³/mol. The van der Waals surface area contributed by atoms with E-state index in [0.29, 0.717) is 26.6 Å². The van der Waals surface area contributed by atoms with Gasteiger partial charge in [-0.2, -0.15) is 49.4 Å². The van der Waals surface area contributed by atoms with E-state index in [0.717, 1.165) is 6.26 Å². The average Bonchev–Trinajstić information content (AvgIpc) is 3.10. The highest BCUT2D eigenvalue weighted by molar-refractivity contribution is 4.84. The molecule has 0 bridgehead atoms. The summed E-state index contributed by atoms with van der Waals surface area (Å²) >= 11 is 0. The molecule has 0 saturated carbocycles. The number of alkyl halides is 24. The number of unbranched alkanes of at least 4 members (excludes halogenated alkanes) is 1. The molecule has 0 N–H and O–H groups in total. The zero-order valence-electron chi connectivity index (χ0n) is 28.3. The lowest BCUT2D eigenvalue weighted by molar-refractivity contribution is -0.201. The molecule has 0 heterocycles. The smallest absolute Gasteiger partial charge is 0.392 e. The summed E-state index contributed by atoms with van der Waals surface area (Å²) < 4.78 is 292. The third-order valence-corrected chi connectivity index (χ3v) is 3.38. The van der Waals surface area contributed by atoms with E-state index in [-0.39, 0.29) is 215 Å². The molecule has 0 rings (SSSR count). The van der Waals surface area contributed by atoms with Crippen LogP contribution in [0.15, 0.2) is 12.8 Å². The second-order valence-electron chi connectivity index (χ2n) is 7.87. The van der Waals surface area contributed by atoms with Crippen molar-refractivity contribution in [1.29, 1.82) is 0 Å². The van der Waals surface area contributed by atoms with E-state index in [9.17, 15) is 114 Å². The fourth-order valence-corrected chi connectivity index (χ4v) is 1.49. The zero-order valence-corrected chi connectivity index (χ0v) is 28.3. The van der Waals surface area contributed by atoms with E-state index < -0.39 is 117 Å². The van der Waals surface area contributed by atoms with Crippen LogP contribution in [0.2, 0.25) is 0 Å². The molecule has 0 spiro atoms. The second-order valence-corrected chi connectivity index (χ2v) is 7.87. The standard InChI is InChI=1S/C6H6F8.C5H10F2O.C4H6F4.C3H4F4.C3H5FO.2CH2F2O.CH2F2.CH3F.28CH4/c7-3-4(8,1-5(9,10)11)2-6(12,13)14;6-3-1-2-4-8-5-7;5-1-4(8,2-6)3-7;4-2-1-3(5,6)7;1-2-5-3-4;2*2-1-4-3;2-1-3;1-2;;;;;;;;;;;;;;;;;;;;;;;;;;;;/h1-3H2;1-5H2;1-3H2;1-2H2;2H,1,3H2;2*1H2;1H2;1H3;28*1H4. The van der Waals surface area contributed by atoms with Crippen LogP contribution in [0.25, 0.3) is 0 Å². The molecule has 0 aliphatic rings. The minimum absolute atomic E-state index is 0. The highest BCUT2D eigenvalue weighted by Crippen LogP contribution is 2.38. The molecule has 0 aromatic heterocycles. The first-order chi connectivity index (χ1) is 25.3. The van der Waals surface area contributed by atoms with Gasteiger partial charge in [-0.3, -0.25) is 13.2 Å². The number of halogens is 26. The van der Waals surface area contributed by atoms with Crippen molar-refractivity contribution >= 4 is 0 Å². The molecule has 4 nitrogen and oxygen atoms in total. The van der Waals surface area contributed by atoms with E-state index in [4.69, 9.17) is 0 Å². The Bertz CT molecular complexity index is 640. The highest BCUT2D eigenvalue weighted by atomic mass is 19.4. The number of rotatable bonds is 16. The predicted octanol–water partition coefficient (Wildman–Crippen LogP) is 30.7. The lowest BCUT2D eigenvalue weighted by atomic mass is 9.99. The van der Waals surface area contributed by atoms with Gasteiger partial charge in [0.15, 0.2) is 18.2 Å². The summed E-state index contributed by atoms with van der Waals surface area (Å²) in [5.41, 5.74) is -6.78. The summed E-state index contributed by atoms with van der Waals surface area (Å²) in [6.07, 6.45) is -18.7. The third-order valence-electron chi connectivity index (χ3n) is 3.38. The number of ether oxygens (including phenoxy) is 2. The lowest BCUT2D eigenvalue weighted by Gasteiger charge is -2.24. The first kappa shape index (κ1) is 269. The fraction of sp³-hybridized carbons (Fsp3) is 0.962. The SMILES string of the molecule is C.C.C.C.C.C.C.C.C.C.C.C.C.C.C.C.C.C.C.C.C.C.C.C.C.C.C.C.C=COCF.CF.FCC(F)(CC(F)(F)F)CC(F)(F)F.FCC(F)(CF)CF.FCCC(F)(F)F.FCCCCOCF.FCF.FCOF.FCOF. The van der Waals surface area contributed by atoms with Gasteiger partial charge in [0, 0.05) is 6.61 Å². The number of hydrogen-bond acceptors (Lipinski definition) is 4. The maximum atomic E-state index is 12.7. The van der Waals surface area contributed by atoms with Crippen molar-refractivity contribution in [2.75, 3.05) is 88.2 Å². The molecule has 0 radical (unpaired) electrons. The van der Waals surface area contributed by atoms with Gasteiger partial charge in [0.1, 0.15) is 26.7 Å². The van der Waals surface area contributed by atoms with Crippen molar-refractivity contribution in [3.63, 3.8) is 0 Å². The van der Waals surface area contributed by atoms with Crippen molar-refractivity contribution in [3.05, 3.63) is 12.8 Å². The molecule has 570 valence electrons. The van der Waals surface area contributed by atoms with Crippen LogP contribution < -0.4 is 0 Å². The Morgan fingerprint density at radius 3 is 0.614 bits per heavy atom. The Kier molecular flexibility index (Phi) is 647. The topological polar surface area (TPSA) is 36.9 Å². The molecule has 0 aromatic rings. The Hall–Kier alpha value is -2.40. The van der Waals surface area contributed by atoms with E-state index in [2.05, 4.69) is 25.9 Å². The van der Waals surface area contributed by atoms with Crippen LogP contribution in [-0.2, 0) is 19.4 Å². The van der Waals surface area contributed by atoms with Gasteiger partial charge < -0.3 is 9.47 Å². The van der Waals surface area contributed by atoms with Gasteiger partial charge in [-0.05, 0) is 21.9 Å². The molecule has 0 aromatic carbocycles. The maximum absolute atomic E-state index is 12.7. The molecular formula is C53H152F26O4. The van der Waals surface area contributed by atoms with E-state index in [1.807, 2.05) is 0 Å². The molecule has 0 saturated heterocycles. The average molecular weight is 1350 g/mol. The first-order valence-corrected chi connectivity index (χ1v) is 13.2. The van der Waals surface area contributed by atoms with E-state index >= 15 is 0 Å². The summed E-state index contributed by atoms with van der Waals surface area (Å²) in [5, 5.41) is 0. The quantitative estimate of drug-likeness (QED) is 0.0877. The Morgan fingerprint density at radius 1 is 0.325 bits per heavy atom. The Morgan fingerprint density at radius 2 is 0.542 bits per heavy atom. The lowest BCUT2D eigenvalue weighted by Crippen LogP contribution is -2.37. The van der Waals surface area contributed by atoms with Crippen molar-refractivity contribution in [3.8, 4) is 0 Å². The van der Waals surface area contributed by atoms with Gasteiger partial charge in [-0.15, -0.1) is 0 Å². The van der Waals surface area contributed by atoms with Crippen LogP contribution in [0.1, 0.15) is 240 Å². The molecule has 0 unspecified atom stereocenters. The molecule has 0 atom stereocenters. The molecule has 30 heteroatoms. The summed E-state index contributed by atoms with van der Waals surface area (Å²) in [4.78, 5) is 4.75. The molecular weight excluding hydrogens is 1190 g/mol. The number of hydrogen-bond donors (Lipinski definition) is 0. The van der Waals surface area contributed by atoms with Crippen LogP contribution in [-0.4, -0.2) is 118 Å². The minimum atomic E-state index is -5.16. The van der Waals surface area contributed by atoms with E-state index in [1.165, 1.54) is 0 Å². The van der Waals surface area contributed by atoms with Crippen LogP contribution in [0.5, 0.6) is 0 Å². The normalized spacial score (nSPS) is 6.98. The molecule has 0 amide bonds. The Labute approximate surface area is 504 Å². The zero-order chi connectivity index (χ0) is 46.1. The van der Waals surface area contributed by atoms with Gasteiger partial charge >= 0.3 is 18.5 Å². The van der Waals surface area contributed by atoms with Crippen molar-refractivity contribution in [2.24, 2.45) is 0 Å². The second kappa shape index (κ2) is 200. The largest absolute Gasteiger partial charge is 0.471 e. The summed E-state index contributed by atoms with van der Waals surface area (Å²) in [6, 6.07) is 0. The van der Waals surface area contributed by atoms with Gasteiger partial charge in [-0.25, -0.2) is 52.7 Å². The molecule has 0 aliphatic heterocycles. The minimum Gasteiger partial charge on any atom is -0.471 e. The van der Waals surface area contributed by atoms with Gasteiger partial charge in [-0.1, -0.05) is 215 Å².